The number of nitrogens with zero attached hydrogens (tertiary/aromatic N) is 2. The lowest BCUT2D eigenvalue weighted by atomic mass is 10.1. The van der Waals surface area contributed by atoms with Crippen LogP contribution >= 0.6 is 0 Å². The summed E-state index contributed by atoms with van der Waals surface area (Å²) in [6.07, 6.45) is 0. The number of para-hydroxylation sites is 2. The van der Waals surface area contributed by atoms with E-state index in [2.05, 4.69) is 4.98 Å². The van der Waals surface area contributed by atoms with E-state index in [0.29, 0.717) is 5.52 Å². The first-order valence-corrected chi connectivity index (χ1v) is 7.86. The van der Waals surface area contributed by atoms with E-state index in [1.165, 1.54) is 0 Å². The number of ether oxygens (including phenoxy) is 2. The number of nitro benzene ring substituents is 1. The van der Waals surface area contributed by atoms with Gasteiger partial charge in [0.1, 0.15) is 5.52 Å². The number of aromatic nitrogens is 1. The molecule has 0 saturated heterocycles. The Morgan fingerprint density at radius 1 is 1.11 bits per heavy atom. The zero-order valence-electron chi connectivity index (χ0n) is 14.6. The Kier molecular flexibility index (Phi) is 4.86. The van der Waals surface area contributed by atoms with Gasteiger partial charge >= 0.3 is 23.3 Å². The summed E-state index contributed by atoms with van der Waals surface area (Å²) in [5, 5.41) is 11.5. The van der Waals surface area contributed by atoms with E-state index in [-0.39, 0.29) is 16.8 Å². The number of carbonyl (C=O) groups is 2. The molecule has 2 aromatic carbocycles. The number of nitro groups is 1. The zero-order chi connectivity index (χ0) is 20.4. The molecule has 0 atom stereocenters. The first-order chi connectivity index (χ1) is 13.3. The first-order valence-electron chi connectivity index (χ1n) is 7.86. The Morgan fingerprint density at radius 2 is 1.79 bits per heavy atom. The van der Waals surface area contributed by atoms with Gasteiger partial charge in [0.05, 0.1) is 4.92 Å². The van der Waals surface area contributed by atoms with E-state index in [4.69, 9.17) is 13.9 Å². The van der Waals surface area contributed by atoms with Gasteiger partial charge in [0.2, 0.25) is 0 Å². The molecule has 3 aromatic rings. The molecule has 0 fully saturated rings. The van der Waals surface area contributed by atoms with Gasteiger partial charge in [-0.05, 0) is 18.2 Å². The van der Waals surface area contributed by atoms with Crippen molar-refractivity contribution in [2.75, 3.05) is 0 Å². The monoisotopic (exact) mass is 384 g/mol. The van der Waals surface area contributed by atoms with Gasteiger partial charge in [-0.1, -0.05) is 12.1 Å². The van der Waals surface area contributed by atoms with Crippen molar-refractivity contribution in [1.29, 1.82) is 0 Å². The van der Waals surface area contributed by atoms with Gasteiger partial charge in [0, 0.05) is 25.5 Å². The minimum atomic E-state index is -0.854. The van der Waals surface area contributed by atoms with Gasteiger partial charge in [0.15, 0.2) is 17.0 Å². The van der Waals surface area contributed by atoms with Crippen LogP contribution < -0.4 is 15.1 Å². The van der Waals surface area contributed by atoms with Crippen LogP contribution in [0, 0.1) is 10.1 Å². The summed E-state index contributed by atoms with van der Waals surface area (Å²) in [4.78, 5) is 49.8. The molecule has 0 saturated carbocycles. The second-order valence-electron chi connectivity index (χ2n) is 5.58. The van der Waals surface area contributed by atoms with Crippen molar-refractivity contribution in [2.24, 2.45) is 0 Å². The summed E-state index contributed by atoms with van der Waals surface area (Å²) in [7, 11) is 0. The van der Waals surface area contributed by atoms with Crippen LogP contribution in [-0.4, -0.2) is 21.8 Å². The van der Waals surface area contributed by atoms with Crippen molar-refractivity contribution >= 4 is 28.7 Å². The fourth-order valence-electron chi connectivity index (χ4n) is 2.47. The number of hydrogen-bond donors (Lipinski definition) is 0. The van der Waals surface area contributed by atoms with E-state index in [1.54, 1.807) is 24.3 Å². The Labute approximate surface area is 156 Å². The van der Waals surface area contributed by atoms with E-state index >= 15 is 0 Å². The molecule has 0 aliphatic rings. The zero-order valence-corrected chi connectivity index (χ0v) is 14.6. The SMILES string of the molecule is CC(=O)Oc1cc(-c2nc3ccccc3oc2=O)cc([N+](=O)[O-])c1OC(C)=O. The Hall–Kier alpha value is -4.08. The molecule has 28 heavy (non-hydrogen) atoms. The minimum Gasteiger partial charge on any atom is -0.422 e. The second-order valence-corrected chi connectivity index (χ2v) is 5.58. The largest absolute Gasteiger partial charge is 0.422 e. The van der Waals surface area contributed by atoms with Gasteiger partial charge in [-0.3, -0.25) is 19.7 Å². The molecule has 0 bridgehead atoms. The fourth-order valence-corrected chi connectivity index (χ4v) is 2.47. The Balaban J connectivity index is 2.29. The lowest BCUT2D eigenvalue weighted by Gasteiger charge is -2.11. The highest BCUT2D eigenvalue weighted by molar-refractivity contribution is 5.81. The van der Waals surface area contributed by atoms with Gasteiger partial charge in [-0.15, -0.1) is 0 Å². The van der Waals surface area contributed by atoms with Crippen molar-refractivity contribution in [3.63, 3.8) is 0 Å². The van der Waals surface area contributed by atoms with Crippen LogP contribution in [0.25, 0.3) is 22.4 Å². The average Bonchev–Trinajstić information content (AvgIpc) is 2.61. The third-order valence-electron chi connectivity index (χ3n) is 3.50. The summed E-state index contributed by atoms with van der Waals surface area (Å²) in [5.41, 5.74) is -1.22. The highest BCUT2D eigenvalue weighted by atomic mass is 16.6. The van der Waals surface area contributed by atoms with Crippen molar-refractivity contribution in [3.8, 4) is 22.8 Å². The van der Waals surface area contributed by atoms with Crippen LogP contribution in [0.15, 0.2) is 45.6 Å². The Bertz CT molecular complexity index is 1180. The number of rotatable bonds is 4. The minimum absolute atomic E-state index is 0.0432. The van der Waals surface area contributed by atoms with Crippen molar-refractivity contribution in [1.82, 2.24) is 4.98 Å². The number of hydrogen-bond acceptors (Lipinski definition) is 9. The lowest BCUT2D eigenvalue weighted by molar-refractivity contribution is -0.385. The quantitative estimate of drug-likeness (QED) is 0.287. The second kappa shape index (κ2) is 7.27. The molecule has 0 unspecified atom stereocenters. The summed E-state index contributed by atoms with van der Waals surface area (Å²) >= 11 is 0. The highest BCUT2D eigenvalue weighted by Gasteiger charge is 2.27. The van der Waals surface area contributed by atoms with E-state index < -0.39 is 39.7 Å². The Morgan fingerprint density at radius 3 is 2.43 bits per heavy atom. The van der Waals surface area contributed by atoms with Gasteiger partial charge < -0.3 is 13.9 Å². The standard InChI is InChI=1S/C18H12N2O8/c1-9(21)26-15-8-11(7-13(20(24)25)17(15)27-10(2)22)16-18(23)28-14-6-4-3-5-12(14)19-16/h3-8H,1-2H3. The maximum atomic E-state index is 12.3. The lowest BCUT2D eigenvalue weighted by Crippen LogP contribution is -2.11. The fraction of sp³-hybridized carbons (Fsp3) is 0.111. The normalized spacial score (nSPS) is 10.5. The van der Waals surface area contributed by atoms with E-state index in [0.717, 1.165) is 26.0 Å². The molecular formula is C18H12N2O8. The summed E-state index contributed by atoms with van der Waals surface area (Å²) in [6, 6.07) is 8.60. The molecule has 0 radical (unpaired) electrons. The molecular weight excluding hydrogens is 372 g/mol. The third kappa shape index (κ3) is 3.70. The van der Waals surface area contributed by atoms with Crippen LogP contribution in [0.4, 0.5) is 5.69 Å². The van der Waals surface area contributed by atoms with Crippen LogP contribution in [0.5, 0.6) is 11.5 Å². The van der Waals surface area contributed by atoms with Crippen molar-refractivity contribution < 1.29 is 28.4 Å². The maximum absolute atomic E-state index is 12.3. The first kappa shape index (κ1) is 18.7. The van der Waals surface area contributed by atoms with Crippen LogP contribution in [-0.2, 0) is 9.59 Å². The molecule has 3 rings (SSSR count). The molecule has 0 aliphatic heterocycles. The third-order valence-corrected chi connectivity index (χ3v) is 3.50. The highest BCUT2D eigenvalue weighted by Crippen LogP contribution is 2.41. The van der Waals surface area contributed by atoms with Crippen LogP contribution in [0.3, 0.4) is 0 Å². The van der Waals surface area contributed by atoms with E-state index in [9.17, 15) is 24.5 Å². The predicted molar refractivity (Wildman–Crippen MR) is 95.0 cm³/mol. The smallest absolute Gasteiger partial charge is 0.363 e. The van der Waals surface area contributed by atoms with Gasteiger partial charge in [0.25, 0.3) is 5.75 Å². The van der Waals surface area contributed by atoms with Gasteiger partial charge in [-0.2, -0.15) is 0 Å². The molecule has 0 spiro atoms. The molecule has 0 amide bonds. The van der Waals surface area contributed by atoms with Crippen molar-refractivity contribution in [2.45, 2.75) is 13.8 Å². The molecule has 1 aromatic heterocycles. The molecule has 142 valence electrons. The van der Waals surface area contributed by atoms with Gasteiger partial charge in [-0.25, -0.2) is 9.78 Å². The average molecular weight is 384 g/mol. The topological polar surface area (TPSA) is 139 Å². The van der Waals surface area contributed by atoms with Crippen LogP contribution in [0.1, 0.15) is 13.8 Å². The molecule has 1 heterocycles. The summed E-state index contributed by atoms with van der Waals surface area (Å²) < 4.78 is 15.0. The molecule has 10 heteroatoms. The molecule has 10 nitrogen and oxygen atoms in total. The summed E-state index contributed by atoms with van der Waals surface area (Å²) in [6.45, 7) is 2.10. The number of carbonyl (C=O) groups excluding carboxylic acids is 2. The van der Waals surface area contributed by atoms with Crippen LogP contribution in [0.2, 0.25) is 0 Å². The summed E-state index contributed by atoms with van der Waals surface area (Å²) in [5.74, 6) is -2.62. The van der Waals surface area contributed by atoms with Crippen molar-refractivity contribution in [3.05, 3.63) is 56.9 Å². The predicted octanol–water partition coefficient (Wildman–Crippen LogP) is 2.61. The maximum Gasteiger partial charge on any atom is 0.363 e. The number of esters is 2. The van der Waals surface area contributed by atoms with E-state index in [1.807, 2.05) is 0 Å². The number of fused-ring (bicyclic) bond motifs is 1. The molecule has 0 N–H and O–H groups in total. The molecule has 0 aliphatic carbocycles. The number of benzene rings is 2.